The first-order valence-electron chi connectivity index (χ1n) is 13.5. The summed E-state index contributed by atoms with van der Waals surface area (Å²) in [5.74, 6) is 4.15. The molecule has 0 amide bonds. The van der Waals surface area contributed by atoms with Crippen molar-refractivity contribution in [3.05, 3.63) is 83.4 Å². The normalized spacial score (nSPS) is 27.4. The topological polar surface area (TPSA) is 0 Å². The predicted molar refractivity (Wildman–Crippen MR) is 139 cm³/mol. The van der Waals surface area contributed by atoms with Gasteiger partial charge < -0.3 is 0 Å². The van der Waals surface area contributed by atoms with Gasteiger partial charge in [0.2, 0.25) is 0 Å². The number of allylic oxidation sites excluding steroid dienone is 2. The van der Waals surface area contributed by atoms with Gasteiger partial charge in [0, 0.05) is 0 Å². The molecular weight excluding hydrogens is 384 g/mol. The molecule has 0 aliphatic heterocycles. The van der Waals surface area contributed by atoms with E-state index in [2.05, 4.69) is 80.6 Å². The van der Waals surface area contributed by atoms with E-state index in [4.69, 9.17) is 0 Å². The lowest BCUT2D eigenvalue weighted by Crippen LogP contribution is -2.16. The quantitative estimate of drug-likeness (QED) is 0.367. The highest BCUT2D eigenvalue weighted by Crippen LogP contribution is 2.41. The maximum atomic E-state index is 2.48. The van der Waals surface area contributed by atoms with Crippen LogP contribution in [0, 0.1) is 11.8 Å². The van der Waals surface area contributed by atoms with E-state index in [1.807, 2.05) is 0 Å². The molecule has 2 aromatic rings. The molecule has 2 saturated carbocycles. The van der Waals surface area contributed by atoms with Crippen LogP contribution in [0.5, 0.6) is 0 Å². The molecule has 0 heterocycles. The van der Waals surface area contributed by atoms with E-state index in [1.54, 1.807) is 11.1 Å². The van der Waals surface area contributed by atoms with Gasteiger partial charge in [-0.15, -0.1) is 0 Å². The summed E-state index contributed by atoms with van der Waals surface area (Å²) in [6, 6.07) is 21.0. The fraction of sp³-hybridized carbons (Fsp3) is 0.562. The monoisotopic (exact) mass is 428 g/mol. The molecule has 172 valence electrons. The molecule has 0 spiro atoms. The Morgan fingerprint density at radius 1 is 0.719 bits per heavy atom. The van der Waals surface area contributed by atoms with E-state index in [0.29, 0.717) is 5.92 Å². The van der Waals surface area contributed by atoms with Crippen LogP contribution in [0.25, 0.3) is 0 Å². The molecule has 0 unspecified atom stereocenters. The zero-order chi connectivity index (χ0) is 22.2. The molecule has 0 bridgehead atoms. The molecule has 0 aromatic heterocycles. The smallest absolute Gasteiger partial charge is 0.0162 e. The van der Waals surface area contributed by atoms with E-state index in [9.17, 15) is 0 Å². The molecule has 2 fully saturated rings. The average molecular weight is 429 g/mol. The zero-order valence-corrected chi connectivity index (χ0v) is 20.5. The fourth-order valence-electron chi connectivity index (χ4n) is 6.47. The van der Waals surface area contributed by atoms with Gasteiger partial charge in [-0.05, 0) is 124 Å². The Balaban J connectivity index is 1.22. The third-order valence-corrected chi connectivity index (χ3v) is 8.61. The number of rotatable bonds is 8. The van der Waals surface area contributed by atoms with Crippen LogP contribution in [-0.4, -0.2) is 0 Å². The summed E-state index contributed by atoms with van der Waals surface area (Å²) in [5, 5.41) is 0. The summed E-state index contributed by atoms with van der Waals surface area (Å²) in [5.41, 5.74) is 4.71. The van der Waals surface area contributed by atoms with Crippen LogP contribution in [0.15, 0.2) is 66.7 Å². The van der Waals surface area contributed by atoms with Crippen LogP contribution in [0.4, 0.5) is 0 Å². The lowest BCUT2D eigenvalue weighted by molar-refractivity contribution is 0.297. The Kier molecular flexibility index (Phi) is 8.66. The van der Waals surface area contributed by atoms with Crippen molar-refractivity contribution in [2.45, 2.75) is 102 Å². The van der Waals surface area contributed by atoms with Gasteiger partial charge in [0.05, 0.1) is 0 Å². The minimum absolute atomic E-state index is 0.690. The van der Waals surface area contributed by atoms with E-state index < -0.39 is 0 Å². The number of hydrogen-bond acceptors (Lipinski definition) is 0. The summed E-state index contributed by atoms with van der Waals surface area (Å²) in [7, 11) is 0. The lowest BCUT2D eigenvalue weighted by Gasteiger charge is -2.31. The van der Waals surface area contributed by atoms with Crippen LogP contribution in [0.1, 0.15) is 119 Å². The minimum atomic E-state index is 0.690. The SMILES string of the molecule is CC=CCCC1CCC(c2ccc(C3CCC(C[C@H](C)c4ccccc4)CC3)cc2)CC1. The van der Waals surface area contributed by atoms with Crippen molar-refractivity contribution in [1.82, 2.24) is 0 Å². The minimum Gasteiger partial charge on any atom is -0.0917 e. The van der Waals surface area contributed by atoms with Gasteiger partial charge in [-0.1, -0.05) is 73.7 Å². The van der Waals surface area contributed by atoms with Crippen molar-refractivity contribution in [1.29, 1.82) is 0 Å². The highest BCUT2D eigenvalue weighted by Gasteiger charge is 2.25. The van der Waals surface area contributed by atoms with Gasteiger partial charge in [0.1, 0.15) is 0 Å². The average Bonchev–Trinajstić information content (AvgIpc) is 2.86. The van der Waals surface area contributed by atoms with Crippen LogP contribution in [0.3, 0.4) is 0 Å². The molecule has 2 aliphatic rings. The summed E-state index contributed by atoms with van der Waals surface area (Å²) in [6.07, 6.45) is 19.8. The van der Waals surface area contributed by atoms with E-state index in [0.717, 1.165) is 23.7 Å². The zero-order valence-electron chi connectivity index (χ0n) is 20.5. The Labute approximate surface area is 197 Å². The van der Waals surface area contributed by atoms with Gasteiger partial charge in [-0.3, -0.25) is 0 Å². The summed E-state index contributed by atoms with van der Waals surface area (Å²) in [6.45, 7) is 4.55. The van der Waals surface area contributed by atoms with Crippen molar-refractivity contribution in [3.63, 3.8) is 0 Å². The van der Waals surface area contributed by atoms with Gasteiger partial charge in [0.15, 0.2) is 0 Å². The Morgan fingerprint density at radius 3 is 1.78 bits per heavy atom. The second-order valence-electron chi connectivity index (χ2n) is 10.8. The third-order valence-electron chi connectivity index (χ3n) is 8.61. The molecule has 32 heavy (non-hydrogen) atoms. The summed E-state index contributed by atoms with van der Waals surface area (Å²) >= 11 is 0. The standard InChI is InChI=1S/C32H44/c1-3-4-6-9-26-12-16-29(17-13-26)31-20-22-32(23-21-31)30-18-14-27(15-19-30)24-25(2)28-10-7-5-8-11-28/h3-5,7-8,10-11,20-23,25-27,29-30H,6,9,12-19,24H2,1-2H3/t25-,26?,27?,29?,30?/m0/s1. The molecule has 0 nitrogen and oxygen atoms in total. The van der Waals surface area contributed by atoms with Crippen molar-refractivity contribution >= 4 is 0 Å². The molecular formula is C32H44. The molecule has 2 aliphatic carbocycles. The molecule has 0 saturated heterocycles. The molecule has 4 rings (SSSR count). The van der Waals surface area contributed by atoms with Gasteiger partial charge in [-0.25, -0.2) is 0 Å². The Bertz CT molecular complexity index is 799. The highest BCUT2D eigenvalue weighted by atomic mass is 14.3. The molecule has 0 N–H and O–H groups in total. The van der Waals surface area contributed by atoms with Gasteiger partial charge in [-0.2, -0.15) is 0 Å². The second kappa shape index (κ2) is 11.9. The highest BCUT2D eigenvalue weighted by molar-refractivity contribution is 5.28. The maximum absolute atomic E-state index is 2.48. The van der Waals surface area contributed by atoms with E-state index in [1.165, 1.54) is 76.2 Å². The maximum Gasteiger partial charge on any atom is -0.0162 e. The van der Waals surface area contributed by atoms with Crippen molar-refractivity contribution in [2.24, 2.45) is 11.8 Å². The van der Waals surface area contributed by atoms with Crippen LogP contribution >= 0.6 is 0 Å². The second-order valence-corrected chi connectivity index (χ2v) is 10.8. The first-order valence-corrected chi connectivity index (χ1v) is 13.5. The predicted octanol–water partition coefficient (Wildman–Crippen LogP) is 9.78. The largest absolute Gasteiger partial charge is 0.0917 e. The first-order chi connectivity index (χ1) is 15.7. The first kappa shape index (κ1) is 23.3. The van der Waals surface area contributed by atoms with E-state index >= 15 is 0 Å². The Hall–Kier alpha value is -1.82. The van der Waals surface area contributed by atoms with Crippen LogP contribution in [-0.2, 0) is 0 Å². The van der Waals surface area contributed by atoms with Gasteiger partial charge >= 0.3 is 0 Å². The van der Waals surface area contributed by atoms with Crippen LogP contribution in [0.2, 0.25) is 0 Å². The van der Waals surface area contributed by atoms with Crippen molar-refractivity contribution in [2.75, 3.05) is 0 Å². The number of benzene rings is 2. The number of hydrogen-bond donors (Lipinski definition) is 0. The van der Waals surface area contributed by atoms with Crippen molar-refractivity contribution in [3.8, 4) is 0 Å². The molecule has 1 atom stereocenters. The summed E-state index contributed by atoms with van der Waals surface area (Å²) in [4.78, 5) is 0. The van der Waals surface area contributed by atoms with E-state index in [-0.39, 0.29) is 0 Å². The molecule has 0 radical (unpaired) electrons. The molecule has 2 aromatic carbocycles. The third kappa shape index (κ3) is 6.37. The summed E-state index contributed by atoms with van der Waals surface area (Å²) < 4.78 is 0. The van der Waals surface area contributed by atoms with Crippen molar-refractivity contribution < 1.29 is 0 Å². The molecule has 0 heteroatoms. The fourth-order valence-corrected chi connectivity index (χ4v) is 6.47. The van der Waals surface area contributed by atoms with Crippen LogP contribution < -0.4 is 0 Å². The Morgan fingerprint density at radius 2 is 1.25 bits per heavy atom. The van der Waals surface area contributed by atoms with Gasteiger partial charge in [0.25, 0.3) is 0 Å². The lowest BCUT2D eigenvalue weighted by atomic mass is 9.74.